The molecule has 0 bridgehead atoms. The standard InChI is InChI=1S/C14H15ClN2OS/c1-9-5-12(18-2)7-11(17-9)8-19-14-6-10(15)3-4-13(14)16/h3-7H,8,16H2,1-2H3. The summed E-state index contributed by atoms with van der Waals surface area (Å²) in [5.74, 6) is 1.55. The summed E-state index contributed by atoms with van der Waals surface area (Å²) in [6.07, 6.45) is 0. The second-order valence-corrected chi connectivity index (χ2v) is 5.56. The first-order valence-corrected chi connectivity index (χ1v) is 7.14. The van der Waals surface area contributed by atoms with Gasteiger partial charge >= 0.3 is 0 Å². The number of aryl methyl sites for hydroxylation is 1. The van der Waals surface area contributed by atoms with E-state index in [2.05, 4.69) is 4.98 Å². The Hall–Kier alpha value is -1.39. The zero-order valence-electron chi connectivity index (χ0n) is 10.8. The Balaban J connectivity index is 2.14. The van der Waals surface area contributed by atoms with Crippen LogP contribution < -0.4 is 10.5 Å². The average molecular weight is 295 g/mol. The van der Waals surface area contributed by atoms with Gasteiger partial charge in [-0.05, 0) is 25.1 Å². The van der Waals surface area contributed by atoms with Gasteiger partial charge in [0.2, 0.25) is 0 Å². The highest BCUT2D eigenvalue weighted by Gasteiger charge is 2.05. The van der Waals surface area contributed by atoms with Crippen LogP contribution in [0.4, 0.5) is 5.69 Å². The third-order valence-corrected chi connectivity index (χ3v) is 3.91. The van der Waals surface area contributed by atoms with Crippen LogP contribution in [0.1, 0.15) is 11.4 Å². The fourth-order valence-electron chi connectivity index (χ4n) is 1.68. The zero-order valence-corrected chi connectivity index (χ0v) is 12.4. The van der Waals surface area contributed by atoms with Gasteiger partial charge in [-0.3, -0.25) is 4.98 Å². The summed E-state index contributed by atoms with van der Waals surface area (Å²) in [5, 5.41) is 0.687. The number of aromatic nitrogens is 1. The Morgan fingerprint density at radius 2 is 2.11 bits per heavy atom. The van der Waals surface area contributed by atoms with E-state index < -0.39 is 0 Å². The van der Waals surface area contributed by atoms with Gasteiger partial charge in [-0.25, -0.2) is 0 Å². The van der Waals surface area contributed by atoms with Crippen molar-refractivity contribution in [1.29, 1.82) is 0 Å². The molecule has 0 aliphatic rings. The summed E-state index contributed by atoms with van der Waals surface area (Å²) in [6.45, 7) is 1.95. The molecule has 3 nitrogen and oxygen atoms in total. The van der Waals surface area contributed by atoms with Crippen LogP contribution in [0.2, 0.25) is 5.02 Å². The van der Waals surface area contributed by atoms with Gasteiger partial charge in [0.15, 0.2) is 0 Å². The van der Waals surface area contributed by atoms with E-state index in [-0.39, 0.29) is 0 Å². The molecule has 0 fully saturated rings. The van der Waals surface area contributed by atoms with Gasteiger partial charge in [-0.1, -0.05) is 11.6 Å². The second-order valence-electron chi connectivity index (χ2n) is 4.11. The molecule has 2 N–H and O–H groups in total. The molecule has 1 heterocycles. The van der Waals surface area contributed by atoms with Crippen LogP contribution in [0.25, 0.3) is 0 Å². The van der Waals surface area contributed by atoms with Crippen molar-refractivity contribution >= 4 is 29.1 Å². The van der Waals surface area contributed by atoms with Gasteiger partial charge < -0.3 is 10.5 Å². The number of ether oxygens (including phenoxy) is 1. The fourth-order valence-corrected chi connectivity index (χ4v) is 2.81. The fraction of sp³-hybridized carbons (Fsp3) is 0.214. The van der Waals surface area contributed by atoms with Crippen molar-refractivity contribution < 1.29 is 4.74 Å². The predicted molar refractivity (Wildman–Crippen MR) is 81.0 cm³/mol. The summed E-state index contributed by atoms with van der Waals surface area (Å²) in [7, 11) is 1.65. The number of nitrogen functional groups attached to an aromatic ring is 1. The molecular formula is C14H15ClN2OS. The summed E-state index contributed by atoms with van der Waals surface area (Å²) in [5.41, 5.74) is 8.54. The lowest BCUT2D eigenvalue weighted by molar-refractivity contribution is 0.413. The summed E-state index contributed by atoms with van der Waals surface area (Å²) < 4.78 is 5.24. The van der Waals surface area contributed by atoms with Crippen LogP contribution in [-0.4, -0.2) is 12.1 Å². The van der Waals surface area contributed by atoms with E-state index in [0.717, 1.165) is 33.5 Å². The number of rotatable bonds is 4. The molecular weight excluding hydrogens is 280 g/mol. The Labute approximate surface area is 122 Å². The van der Waals surface area contributed by atoms with E-state index in [1.54, 1.807) is 24.9 Å². The largest absolute Gasteiger partial charge is 0.497 e. The van der Waals surface area contributed by atoms with Gasteiger partial charge in [-0.15, -0.1) is 11.8 Å². The molecule has 0 amide bonds. The first-order valence-electron chi connectivity index (χ1n) is 5.78. The number of nitrogens with two attached hydrogens (primary N) is 1. The van der Waals surface area contributed by atoms with Crippen molar-refractivity contribution in [3.05, 3.63) is 46.7 Å². The number of halogens is 1. The van der Waals surface area contributed by atoms with E-state index in [9.17, 15) is 0 Å². The average Bonchev–Trinajstić information content (AvgIpc) is 2.39. The molecule has 2 aromatic rings. The third-order valence-electron chi connectivity index (χ3n) is 2.57. The van der Waals surface area contributed by atoms with E-state index in [4.69, 9.17) is 22.1 Å². The maximum absolute atomic E-state index is 5.97. The van der Waals surface area contributed by atoms with Crippen molar-refractivity contribution in [2.45, 2.75) is 17.6 Å². The number of thioether (sulfide) groups is 1. The topological polar surface area (TPSA) is 48.1 Å². The number of methoxy groups -OCH3 is 1. The summed E-state index contributed by atoms with van der Waals surface area (Å²) >= 11 is 7.58. The van der Waals surface area contributed by atoms with Crippen molar-refractivity contribution in [3.8, 4) is 5.75 Å². The van der Waals surface area contributed by atoms with Crippen LogP contribution >= 0.6 is 23.4 Å². The van der Waals surface area contributed by atoms with Gasteiger partial charge in [0.25, 0.3) is 0 Å². The SMILES string of the molecule is COc1cc(C)nc(CSc2cc(Cl)ccc2N)c1. The minimum absolute atomic E-state index is 0.687. The molecule has 19 heavy (non-hydrogen) atoms. The highest BCUT2D eigenvalue weighted by Crippen LogP contribution is 2.30. The van der Waals surface area contributed by atoms with Crippen LogP contribution in [-0.2, 0) is 5.75 Å². The number of pyridine rings is 1. The molecule has 0 aliphatic carbocycles. The minimum Gasteiger partial charge on any atom is -0.497 e. The number of nitrogens with zero attached hydrogens (tertiary/aromatic N) is 1. The molecule has 1 aromatic carbocycles. The predicted octanol–water partition coefficient (Wildman–Crippen LogP) is 3.93. The van der Waals surface area contributed by atoms with Crippen LogP contribution in [0, 0.1) is 6.92 Å². The summed E-state index contributed by atoms with van der Waals surface area (Å²) in [6, 6.07) is 9.31. The second kappa shape index (κ2) is 6.17. The minimum atomic E-state index is 0.687. The molecule has 0 radical (unpaired) electrons. The first kappa shape index (κ1) is 14.0. The Kier molecular flexibility index (Phi) is 4.56. The van der Waals surface area contributed by atoms with Crippen molar-refractivity contribution in [2.75, 3.05) is 12.8 Å². The monoisotopic (exact) mass is 294 g/mol. The van der Waals surface area contributed by atoms with Gasteiger partial charge in [0.1, 0.15) is 5.75 Å². The number of benzene rings is 1. The van der Waals surface area contributed by atoms with Gasteiger partial charge in [-0.2, -0.15) is 0 Å². The lowest BCUT2D eigenvalue weighted by Crippen LogP contribution is -1.94. The van der Waals surface area contributed by atoms with E-state index in [0.29, 0.717) is 5.02 Å². The van der Waals surface area contributed by atoms with Gasteiger partial charge in [0, 0.05) is 39.2 Å². The molecule has 1 aromatic heterocycles. The molecule has 0 atom stereocenters. The lowest BCUT2D eigenvalue weighted by Gasteiger charge is -2.08. The Morgan fingerprint density at radius 3 is 2.84 bits per heavy atom. The maximum atomic E-state index is 5.97. The van der Waals surface area contributed by atoms with Crippen molar-refractivity contribution in [2.24, 2.45) is 0 Å². The molecule has 0 saturated carbocycles. The molecule has 0 aliphatic heterocycles. The smallest absolute Gasteiger partial charge is 0.122 e. The third kappa shape index (κ3) is 3.78. The molecule has 2 rings (SSSR count). The molecule has 100 valence electrons. The van der Waals surface area contributed by atoms with Crippen LogP contribution in [0.3, 0.4) is 0 Å². The van der Waals surface area contributed by atoms with Crippen molar-refractivity contribution in [1.82, 2.24) is 4.98 Å². The molecule has 5 heteroatoms. The molecule has 0 saturated heterocycles. The molecule has 0 spiro atoms. The Morgan fingerprint density at radius 1 is 1.32 bits per heavy atom. The number of hydrogen-bond acceptors (Lipinski definition) is 4. The number of hydrogen-bond donors (Lipinski definition) is 1. The van der Waals surface area contributed by atoms with E-state index in [1.165, 1.54) is 0 Å². The normalized spacial score (nSPS) is 10.5. The van der Waals surface area contributed by atoms with Crippen LogP contribution in [0.15, 0.2) is 35.2 Å². The Bertz CT molecular complexity index is 590. The zero-order chi connectivity index (χ0) is 13.8. The summed E-state index contributed by atoms with van der Waals surface area (Å²) in [4.78, 5) is 5.44. The first-order chi connectivity index (χ1) is 9.08. The highest BCUT2D eigenvalue weighted by molar-refractivity contribution is 7.98. The van der Waals surface area contributed by atoms with Gasteiger partial charge in [0.05, 0.1) is 12.8 Å². The molecule has 0 unspecified atom stereocenters. The highest BCUT2D eigenvalue weighted by atomic mass is 35.5. The number of anilines is 1. The van der Waals surface area contributed by atoms with E-state index in [1.807, 2.05) is 31.2 Å². The quantitative estimate of drug-likeness (QED) is 0.686. The van der Waals surface area contributed by atoms with Crippen LogP contribution in [0.5, 0.6) is 5.75 Å². The lowest BCUT2D eigenvalue weighted by atomic mass is 10.3. The van der Waals surface area contributed by atoms with E-state index >= 15 is 0 Å². The maximum Gasteiger partial charge on any atom is 0.122 e. The van der Waals surface area contributed by atoms with Crippen molar-refractivity contribution in [3.63, 3.8) is 0 Å².